The van der Waals surface area contributed by atoms with Crippen molar-refractivity contribution in [3.05, 3.63) is 40.9 Å². The third-order valence-electron chi connectivity index (χ3n) is 6.84. The molecule has 1 fully saturated rings. The maximum absolute atomic E-state index is 12.1. The molecule has 0 saturated heterocycles. The maximum Gasteiger partial charge on any atom is 0.219 e. The summed E-state index contributed by atoms with van der Waals surface area (Å²) in [5, 5.41) is 8.81. The molecule has 2 aromatic heterocycles. The highest BCUT2D eigenvalue weighted by Gasteiger charge is 2.31. The van der Waals surface area contributed by atoms with Crippen molar-refractivity contribution in [3.8, 4) is 11.3 Å². The molecule has 3 heterocycles. The minimum atomic E-state index is 0.161. The summed E-state index contributed by atoms with van der Waals surface area (Å²) in [5.74, 6) is 1.11. The number of hydrogen-bond acceptors (Lipinski definition) is 3. The van der Waals surface area contributed by atoms with E-state index in [9.17, 15) is 4.79 Å². The van der Waals surface area contributed by atoms with Crippen molar-refractivity contribution in [1.29, 1.82) is 0 Å². The predicted octanol–water partition coefficient (Wildman–Crippen LogP) is 6.20. The Morgan fingerprint density at radius 1 is 1.27 bits per heavy atom. The molecule has 1 aliphatic carbocycles. The lowest BCUT2D eigenvalue weighted by Gasteiger charge is -2.28. The van der Waals surface area contributed by atoms with Crippen LogP contribution in [0.3, 0.4) is 0 Å². The van der Waals surface area contributed by atoms with E-state index in [2.05, 4.69) is 41.3 Å². The lowest BCUT2D eigenvalue weighted by atomic mass is 9.99. The summed E-state index contributed by atoms with van der Waals surface area (Å²) in [7, 11) is 0. The van der Waals surface area contributed by atoms with Gasteiger partial charge in [0.15, 0.2) is 0 Å². The highest BCUT2D eigenvalue weighted by Crippen LogP contribution is 2.41. The van der Waals surface area contributed by atoms with Crippen molar-refractivity contribution in [2.75, 3.05) is 6.54 Å². The largest absolute Gasteiger partial charge is 0.338 e. The lowest BCUT2D eigenvalue weighted by Crippen LogP contribution is -2.35. The Morgan fingerprint density at radius 3 is 2.87 bits per heavy atom. The number of thiophene rings is 1. The zero-order valence-corrected chi connectivity index (χ0v) is 18.9. The number of aromatic nitrogens is 2. The van der Waals surface area contributed by atoms with Crippen LogP contribution in [-0.2, 0) is 17.8 Å². The van der Waals surface area contributed by atoms with Crippen LogP contribution in [0.15, 0.2) is 29.6 Å². The standard InChI is InChI=1S/C25H31N3OS/c1-3-6-19(12-11-18-9-10-18)28-23-13-14-27(17(2)29)15-21(23)25(26-28)22-16-30-24-8-5-4-7-20(22)24/h4-5,7-8,16,18-19H,3,6,9-15H2,1-2H3. The fourth-order valence-corrected chi connectivity index (χ4v) is 5.90. The van der Waals surface area contributed by atoms with Gasteiger partial charge in [-0.25, -0.2) is 0 Å². The summed E-state index contributed by atoms with van der Waals surface area (Å²) < 4.78 is 3.68. The molecule has 1 aliphatic heterocycles. The molecule has 4 nitrogen and oxygen atoms in total. The van der Waals surface area contributed by atoms with Crippen molar-refractivity contribution in [1.82, 2.24) is 14.7 Å². The van der Waals surface area contributed by atoms with Gasteiger partial charge in [0.2, 0.25) is 5.91 Å². The summed E-state index contributed by atoms with van der Waals surface area (Å²) in [6.07, 6.45) is 8.66. The van der Waals surface area contributed by atoms with Crippen LogP contribution in [0.5, 0.6) is 0 Å². The van der Waals surface area contributed by atoms with E-state index in [1.54, 1.807) is 18.3 Å². The van der Waals surface area contributed by atoms with Crippen LogP contribution in [0.1, 0.15) is 69.7 Å². The molecule has 1 saturated carbocycles. The summed E-state index contributed by atoms with van der Waals surface area (Å²) in [6.45, 7) is 5.46. The monoisotopic (exact) mass is 421 g/mol. The van der Waals surface area contributed by atoms with Crippen LogP contribution in [0.4, 0.5) is 0 Å². The first-order valence-electron chi connectivity index (χ1n) is 11.5. The van der Waals surface area contributed by atoms with Crippen molar-refractivity contribution in [2.24, 2.45) is 5.92 Å². The van der Waals surface area contributed by atoms with Gasteiger partial charge in [0.25, 0.3) is 0 Å². The zero-order chi connectivity index (χ0) is 20.7. The van der Waals surface area contributed by atoms with Crippen LogP contribution in [-0.4, -0.2) is 27.1 Å². The van der Waals surface area contributed by atoms with Gasteiger partial charge >= 0.3 is 0 Å². The van der Waals surface area contributed by atoms with Crippen LogP contribution in [0.2, 0.25) is 0 Å². The lowest BCUT2D eigenvalue weighted by molar-refractivity contribution is -0.129. The summed E-state index contributed by atoms with van der Waals surface area (Å²) in [5.41, 5.74) is 4.97. The quantitative estimate of drug-likeness (QED) is 0.455. The molecule has 1 unspecified atom stereocenters. The number of carbonyl (C=O) groups excluding carboxylic acids is 1. The molecule has 0 bridgehead atoms. The fourth-order valence-electron chi connectivity index (χ4n) is 4.95. The highest BCUT2D eigenvalue weighted by atomic mass is 32.1. The summed E-state index contributed by atoms with van der Waals surface area (Å²) >= 11 is 1.79. The second-order valence-electron chi connectivity index (χ2n) is 9.02. The third-order valence-corrected chi connectivity index (χ3v) is 7.80. The SMILES string of the molecule is CCCC(CCC1CC1)n1nc(-c2csc3ccccc23)c2c1CCN(C(C)=O)C2. The van der Waals surface area contributed by atoms with E-state index < -0.39 is 0 Å². The van der Waals surface area contributed by atoms with Gasteiger partial charge in [-0.1, -0.05) is 44.4 Å². The average molecular weight is 422 g/mol. The topological polar surface area (TPSA) is 38.1 Å². The van der Waals surface area contributed by atoms with Crippen LogP contribution < -0.4 is 0 Å². The van der Waals surface area contributed by atoms with E-state index in [1.165, 1.54) is 65.4 Å². The normalized spacial score (nSPS) is 17.3. The molecule has 30 heavy (non-hydrogen) atoms. The smallest absolute Gasteiger partial charge is 0.219 e. The maximum atomic E-state index is 12.1. The van der Waals surface area contributed by atoms with E-state index in [0.29, 0.717) is 12.6 Å². The van der Waals surface area contributed by atoms with E-state index in [0.717, 1.165) is 24.6 Å². The molecule has 1 atom stereocenters. The molecular weight excluding hydrogens is 390 g/mol. The number of rotatable bonds is 7. The Hall–Kier alpha value is -2.14. The predicted molar refractivity (Wildman–Crippen MR) is 124 cm³/mol. The molecule has 0 N–H and O–H groups in total. The van der Waals surface area contributed by atoms with Gasteiger partial charge in [-0.15, -0.1) is 11.3 Å². The van der Waals surface area contributed by atoms with Crippen LogP contribution >= 0.6 is 11.3 Å². The molecule has 5 heteroatoms. The molecule has 1 aromatic carbocycles. The van der Waals surface area contributed by atoms with Gasteiger partial charge in [0.1, 0.15) is 0 Å². The Morgan fingerprint density at radius 2 is 2.10 bits per heavy atom. The van der Waals surface area contributed by atoms with Gasteiger partial charge in [-0.2, -0.15) is 5.10 Å². The molecule has 0 radical (unpaired) electrons. The molecular formula is C25H31N3OS. The number of amides is 1. The van der Waals surface area contributed by atoms with E-state index in [-0.39, 0.29) is 5.91 Å². The van der Waals surface area contributed by atoms with Crippen molar-refractivity contribution in [2.45, 2.75) is 71.4 Å². The Labute approximate surface area is 182 Å². The molecule has 158 valence electrons. The highest BCUT2D eigenvalue weighted by molar-refractivity contribution is 7.17. The van der Waals surface area contributed by atoms with Gasteiger partial charge in [-0.3, -0.25) is 9.48 Å². The van der Waals surface area contributed by atoms with E-state index in [1.807, 2.05) is 4.90 Å². The van der Waals surface area contributed by atoms with Gasteiger partial charge < -0.3 is 4.90 Å². The molecule has 5 rings (SSSR count). The van der Waals surface area contributed by atoms with E-state index in [4.69, 9.17) is 5.10 Å². The first kappa shape index (κ1) is 19.8. The summed E-state index contributed by atoms with van der Waals surface area (Å²) in [4.78, 5) is 14.1. The Balaban J connectivity index is 1.59. The van der Waals surface area contributed by atoms with E-state index >= 15 is 0 Å². The van der Waals surface area contributed by atoms with Crippen molar-refractivity contribution in [3.63, 3.8) is 0 Å². The molecule has 2 aliphatic rings. The number of hydrogen-bond donors (Lipinski definition) is 0. The Kier molecular flexibility index (Phi) is 5.40. The summed E-state index contributed by atoms with van der Waals surface area (Å²) in [6, 6.07) is 9.08. The minimum Gasteiger partial charge on any atom is -0.338 e. The fraction of sp³-hybridized carbons (Fsp3) is 0.520. The third kappa shape index (κ3) is 3.68. The minimum absolute atomic E-state index is 0.161. The van der Waals surface area contributed by atoms with Crippen LogP contribution in [0, 0.1) is 5.92 Å². The zero-order valence-electron chi connectivity index (χ0n) is 18.1. The van der Waals surface area contributed by atoms with Gasteiger partial charge in [0, 0.05) is 58.7 Å². The van der Waals surface area contributed by atoms with Gasteiger partial charge in [0.05, 0.1) is 11.7 Å². The number of carbonyl (C=O) groups is 1. The molecule has 3 aromatic rings. The Bertz CT molecular complexity index is 1060. The van der Waals surface area contributed by atoms with Crippen molar-refractivity contribution < 1.29 is 4.79 Å². The molecule has 1 amide bonds. The molecule has 0 spiro atoms. The van der Waals surface area contributed by atoms with Gasteiger partial charge in [-0.05, 0) is 31.2 Å². The first-order chi connectivity index (χ1) is 14.7. The number of benzene rings is 1. The number of nitrogens with zero attached hydrogens (tertiary/aromatic N) is 3. The average Bonchev–Trinajstić information content (AvgIpc) is 3.37. The second-order valence-corrected chi connectivity index (χ2v) is 9.93. The van der Waals surface area contributed by atoms with Crippen LogP contribution in [0.25, 0.3) is 21.3 Å². The first-order valence-corrected chi connectivity index (χ1v) is 12.4. The van der Waals surface area contributed by atoms with Crippen molar-refractivity contribution >= 4 is 27.3 Å². The second kappa shape index (κ2) is 8.18. The number of fused-ring (bicyclic) bond motifs is 2.